The highest BCUT2D eigenvalue weighted by atomic mass is 16.5. The number of methoxy groups -OCH3 is 1. The lowest BCUT2D eigenvalue weighted by atomic mass is 10.2. The molecule has 0 radical (unpaired) electrons. The third-order valence-electron chi connectivity index (χ3n) is 2.46. The van der Waals surface area contributed by atoms with Gasteiger partial charge in [0.05, 0.1) is 24.6 Å². The summed E-state index contributed by atoms with van der Waals surface area (Å²) in [6, 6.07) is 8.51. The Morgan fingerprint density at radius 3 is 2.61 bits per heavy atom. The largest absolute Gasteiger partial charge is 0.465 e. The minimum Gasteiger partial charge on any atom is -0.465 e. The van der Waals surface area contributed by atoms with E-state index in [1.807, 2.05) is 6.07 Å². The molecule has 1 aromatic carbocycles. The Labute approximate surface area is 103 Å². The number of aromatic nitrogens is 2. The lowest BCUT2D eigenvalue weighted by molar-refractivity contribution is 0.0601. The predicted molar refractivity (Wildman–Crippen MR) is 64.0 cm³/mol. The predicted octanol–water partition coefficient (Wildman–Crippen LogP) is 1.11. The van der Waals surface area contributed by atoms with Crippen molar-refractivity contribution in [3.63, 3.8) is 0 Å². The van der Waals surface area contributed by atoms with Gasteiger partial charge in [0.1, 0.15) is 17.5 Å². The molecule has 6 nitrogen and oxygen atoms in total. The summed E-state index contributed by atoms with van der Waals surface area (Å²) in [6.07, 6.45) is 1.39. The van der Waals surface area contributed by atoms with Crippen LogP contribution >= 0.6 is 0 Å². The van der Waals surface area contributed by atoms with Gasteiger partial charge in [0.15, 0.2) is 0 Å². The van der Waals surface area contributed by atoms with E-state index in [0.717, 1.165) is 0 Å². The number of ether oxygens (including phenoxy) is 1. The molecule has 1 aromatic heterocycles. The van der Waals surface area contributed by atoms with Crippen LogP contribution in [0.1, 0.15) is 15.9 Å². The van der Waals surface area contributed by atoms with Crippen LogP contribution < -0.4 is 5.73 Å². The molecule has 0 spiro atoms. The van der Waals surface area contributed by atoms with Crippen molar-refractivity contribution in [2.45, 2.75) is 0 Å². The van der Waals surface area contributed by atoms with Gasteiger partial charge in [-0.25, -0.2) is 9.48 Å². The van der Waals surface area contributed by atoms with Crippen LogP contribution in [0.25, 0.3) is 5.69 Å². The highest BCUT2D eigenvalue weighted by Crippen LogP contribution is 2.16. The van der Waals surface area contributed by atoms with Crippen LogP contribution in [0, 0.1) is 11.3 Å². The highest BCUT2D eigenvalue weighted by Gasteiger charge is 2.09. The minimum absolute atomic E-state index is 0.267. The fraction of sp³-hybridized carbons (Fsp3) is 0.0833. The van der Waals surface area contributed by atoms with Crippen LogP contribution in [0.15, 0.2) is 30.5 Å². The lowest BCUT2D eigenvalue weighted by Crippen LogP contribution is -2.04. The molecule has 0 atom stereocenters. The van der Waals surface area contributed by atoms with Crippen LogP contribution in [0.3, 0.4) is 0 Å². The molecule has 0 aliphatic rings. The summed E-state index contributed by atoms with van der Waals surface area (Å²) in [7, 11) is 1.32. The fourth-order valence-electron chi connectivity index (χ4n) is 1.51. The summed E-state index contributed by atoms with van der Waals surface area (Å²) in [4.78, 5) is 11.3. The number of rotatable bonds is 2. The average Bonchev–Trinajstić information content (AvgIpc) is 2.79. The molecular weight excluding hydrogens is 232 g/mol. The molecule has 2 N–H and O–H groups in total. The van der Waals surface area contributed by atoms with E-state index in [0.29, 0.717) is 16.8 Å². The molecule has 0 saturated carbocycles. The molecule has 90 valence electrons. The number of benzene rings is 1. The summed E-state index contributed by atoms with van der Waals surface area (Å²) < 4.78 is 6.03. The molecule has 0 aliphatic heterocycles. The summed E-state index contributed by atoms with van der Waals surface area (Å²) in [5.41, 5.74) is 7.17. The first-order valence-electron chi connectivity index (χ1n) is 5.09. The Kier molecular flexibility index (Phi) is 2.98. The summed E-state index contributed by atoms with van der Waals surface area (Å²) in [5, 5.41) is 12.8. The summed E-state index contributed by atoms with van der Waals surface area (Å²) in [5.74, 6) is -0.143. The van der Waals surface area contributed by atoms with E-state index < -0.39 is 5.97 Å². The van der Waals surface area contributed by atoms with E-state index in [1.165, 1.54) is 18.0 Å². The number of carbonyl (C=O) groups excluding carboxylic acids is 1. The van der Waals surface area contributed by atoms with Gasteiger partial charge in [-0.05, 0) is 24.3 Å². The third-order valence-corrected chi connectivity index (χ3v) is 2.46. The van der Waals surface area contributed by atoms with Gasteiger partial charge in [0, 0.05) is 0 Å². The SMILES string of the molecule is COC(=O)c1ccc(-n2ncc(C#N)c2N)cc1. The molecule has 0 unspecified atom stereocenters. The molecule has 0 aliphatic carbocycles. The zero-order chi connectivity index (χ0) is 13.1. The van der Waals surface area contributed by atoms with Gasteiger partial charge in [-0.2, -0.15) is 10.4 Å². The quantitative estimate of drug-likeness (QED) is 0.796. The van der Waals surface area contributed by atoms with E-state index in [-0.39, 0.29) is 5.82 Å². The van der Waals surface area contributed by atoms with Crippen molar-refractivity contribution in [3.8, 4) is 11.8 Å². The number of nitriles is 1. The first kappa shape index (κ1) is 11.7. The van der Waals surface area contributed by atoms with Crippen molar-refractivity contribution in [2.75, 3.05) is 12.8 Å². The van der Waals surface area contributed by atoms with Gasteiger partial charge in [-0.1, -0.05) is 0 Å². The van der Waals surface area contributed by atoms with Crippen LogP contribution in [0.2, 0.25) is 0 Å². The standard InChI is InChI=1S/C12H10N4O2/c1-18-12(17)8-2-4-10(5-3-8)16-11(14)9(6-13)7-15-16/h2-5,7H,14H2,1H3. The van der Waals surface area contributed by atoms with E-state index >= 15 is 0 Å². The molecule has 0 fully saturated rings. The Morgan fingerprint density at radius 1 is 1.44 bits per heavy atom. The maximum Gasteiger partial charge on any atom is 0.337 e. The van der Waals surface area contributed by atoms with Gasteiger partial charge in [-0.3, -0.25) is 0 Å². The van der Waals surface area contributed by atoms with Crippen LogP contribution in [0.4, 0.5) is 5.82 Å². The second-order valence-corrected chi connectivity index (χ2v) is 3.51. The topological polar surface area (TPSA) is 93.9 Å². The molecule has 0 amide bonds. The second kappa shape index (κ2) is 4.59. The highest BCUT2D eigenvalue weighted by molar-refractivity contribution is 5.89. The van der Waals surface area contributed by atoms with Crippen molar-refractivity contribution in [2.24, 2.45) is 0 Å². The number of hydrogen-bond acceptors (Lipinski definition) is 5. The lowest BCUT2D eigenvalue weighted by Gasteiger charge is -2.05. The first-order valence-corrected chi connectivity index (χ1v) is 5.09. The van der Waals surface area contributed by atoms with Crippen molar-refractivity contribution >= 4 is 11.8 Å². The number of nitrogens with two attached hydrogens (primary N) is 1. The summed E-state index contributed by atoms with van der Waals surface area (Å²) in [6.45, 7) is 0. The average molecular weight is 242 g/mol. The van der Waals surface area contributed by atoms with Crippen LogP contribution in [-0.2, 0) is 4.74 Å². The van der Waals surface area contributed by atoms with Gasteiger partial charge in [0.2, 0.25) is 0 Å². The van der Waals surface area contributed by atoms with Gasteiger partial charge >= 0.3 is 5.97 Å². The maximum atomic E-state index is 11.3. The second-order valence-electron chi connectivity index (χ2n) is 3.51. The van der Waals surface area contributed by atoms with Gasteiger partial charge in [-0.15, -0.1) is 0 Å². The molecule has 18 heavy (non-hydrogen) atoms. The Morgan fingerprint density at radius 2 is 2.11 bits per heavy atom. The zero-order valence-corrected chi connectivity index (χ0v) is 9.62. The number of hydrogen-bond donors (Lipinski definition) is 1. The summed E-state index contributed by atoms with van der Waals surface area (Å²) >= 11 is 0. The Balaban J connectivity index is 2.38. The Bertz CT molecular complexity index is 623. The zero-order valence-electron chi connectivity index (χ0n) is 9.62. The van der Waals surface area contributed by atoms with Gasteiger partial charge < -0.3 is 10.5 Å². The number of anilines is 1. The number of esters is 1. The van der Waals surface area contributed by atoms with Crippen molar-refractivity contribution in [1.29, 1.82) is 5.26 Å². The molecule has 2 rings (SSSR count). The van der Waals surface area contributed by atoms with Crippen molar-refractivity contribution in [3.05, 3.63) is 41.6 Å². The van der Waals surface area contributed by atoms with Crippen LogP contribution in [-0.4, -0.2) is 22.9 Å². The van der Waals surface area contributed by atoms with Crippen molar-refractivity contribution in [1.82, 2.24) is 9.78 Å². The molecule has 0 bridgehead atoms. The first-order chi connectivity index (χ1) is 8.67. The van der Waals surface area contributed by atoms with E-state index in [1.54, 1.807) is 24.3 Å². The smallest absolute Gasteiger partial charge is 0.337 e. The van der Waals surface area contributed by atoms with E-state index in [2.05, 4.69) is 9.84 Å². The van der Waals surface area contributed by atoms with E-state index in [4.69, 9.17) is 11.0 Å². The Hall–Kier alpha value is -2.81. The number of nitrogens with zero attached hydrogens (tertiary/aromatic N) is 3. The minimum atomic E-state index is -0.410. The van der Waals surface area contributed by atoms with Gasteiger partial charge in [0.25, 0.3) is 0 Å². The molecular formula is C12H10N4O2. The van der Waals surface area contributed by atoms with E-state index in [9.17, 15) is 4.79 Å². The maximum absolute atomic E-state index is 11.3. The molecule has 0 saturated heterocycles. The number of carbonyl (C=O) groups is 1. The third kappa shape index (κ3) is 1.89. The normalized spacial score (nSPS) is 9.78. The number of nitrogen functional groups attached to an aromatic ring is 1. The van der Waals surface area contributed by atoms with Crippen LogP contribution in [0.5, 0.6) is 0 Å². The fourth-order valence-corrected chi connectivity index (χ4v) is 1.51. The molecule has 6 heteroatoms. The molecule has 1 heterocycles. The van der Waals surface area contributed by atoms with Crippen molar-refractivity contribution < 1.29 is 9.53 Å². The monoisotopic (exact) mass is 242 g/mol. The molecule has 2 aromatic rings.